The third-order valence-corrected chi connectivity index (χ3v) is 5.70. The van der Waals surface area contributed by atoms with Crippen LogP contribution in [0.4, 0.5) is 4.79 Å². The Hall–Kier alpha value is -2.57. The lowest BCUT2D eigenvalue weighted by atomic mass is 9.98. The summed E-state index contributed by atoms with van der Waals surface area (Å²) in [5.74, 6) is -0.185. The SMILES string of the molecule is CCCCNC(=O)C(c1cc(C)cc(C)c1)N(C(=O)C(C)NC(=O)OC(C)(C)C)C1CC1C. The Labute approximate surface area is 198 Å². The lowest BCUT2D eigenvalue weighted by molar-refractivity contribution is -0.143. The van der Waals surface area contributed by atoms with E-state index in [-0.39, 0.29) is 17.9 Å². The second kappa shape index (κ2) is 11.0. The molecule has 1 aromatic carbocycles. The van der Waals surface area contributed by atoms with Crippen molar-refractivity contribution in [3.8, 4) is 0 Å². The maximum atomic E-state index is 13.7. The van der Waals surface area contributed by atoms with E-state index in [9.17, 15) is 14.4 Å². The molecule has 1 aliphatic carbocycles. The normalized spacial score (nSPS) is 19.3. The molecule has 0 bridgehead atoms. The Kier molecular flexibility index (Phi) is 8.92. The van der Waals surface area contributed by atoms with Gasteiger partial charge in [0.1, 0.15) is 17.7 Å². The molecule has 3 amide bonds. The molecule has 0 aliphatic heterocycles. The minimum Gasteiger partial charge on any atom is -0.444 e. The van der Waals surface area contributed by atoms with Gasteiger partial charge in [-0.3, -0.25) is 9.59 Å². The van der Waals surface area contributed by atoms with Crippen molar-refractivity contribution in [3.05, 3.63) is 34.9 Å². The highest BCUT2D eigenvalue weighted by Gasteiger charge is 2.47. The van der Waals surface area contributed by atoms with Gasteiger partial charge in [0.15, 0.2) is 0 Å². The van der Waals surface area contributed by atoms with E-state index in [0.717, 1.165) is 36.0 Å². The number of hydrogen-bond donors (Lipinski definition) is 2. The molecule has 0 radical (unpaired) electrons. The number of amides is 3. The van der Waals surface area contributed by atoms with Crippen molar-refractivity contribution in [2.24, 2.45) is 5.92 Å². The van der Waals surface area contributed by atoms with Crippen LogP contribution in [0.15, 0.2) is 18.2 Å². The average molecular weight is 460 g/mol. The van der Waals surface area contributed by atoms with Crippen molar-refractivity contribution in [2.75, 3.05) is 6.54 Å². The van der Waals surface area contributed by atoms with E-state index >= 15 is 0 Å². The van der Waals surface area contributed by atoms with Gasteiger partial charge in [-0.15, -0.1) is 0 Å². The van der Waals surface area contributed by atoms with E-state index in [4.69, 9.17) is 4.74 Å². The number of aryl methyl sites for hydroxylation is 2. The number of rotatable bonds is 9. The fraction of sp³-hybridized carbons (Fsp3) is 0.654. The molecule has 0 heterocycles. The molecule has 1 fully saturated rings. The third kappa shape index (κ3) is 7.76. The summed E-state index contributed by atoms with van der Waals surface area (Å²) < 4.78 is 5.32. The van der Waals surface area contributed by atoms with Crippen LogP contribution in [-0.4, -0.2) is 47.0 Å². The number of nitrogens with one attached hydrogen (secondary N) is 2. The summed E-state index contributed by atoms with van der Waals surface area (Å²) in [6.07, 6.45) is 2.01. The fourth-order valence-corrected chi connectivity index (χ4v) is 4.03. The molecular formula is C26H41N3O4. The number of alkyl carbamates (subject to hydrolysis) is 1. The molecule has 0 aromatic heterocycles. The highest BCUT2D eigenvalue weighted by molar-refractivity contribution is 5.92. The molecule has 4 unspecified atom stereocenters. The number of ether oxygens (including phenoxy) is 1. The molecule has 184 valence electrons. The predicted octanol–water partition coefficient (Wildman–Crippen LogP) is 4.41. The second-order valence-corrected chi connectivity index (χ2v) is 10.4. The third-order valence-electron chi connectivity index (χ3n) is 5.70. The van der Waals surface area contributed by atoms with E-state index in [2.05, 4.69) is 24.5 Å². The lowest BCUT2D eigenvalue weighted by Gasteiger charge is -2.34. The quantitative estimate of drug-likeness (QED) is 0.536. The zero-order chi connectivity index (χ0) is 24.9. The van der Waals surface area contributed by atoms with Gasteiger partial charge in [0.05, 0.1) is 0 Å². The van der Waals surface area contributed by atoms with Crippen LogP contribution >= 0.6 is 0 Å². The van der Waals surface area contributed by atoms with E-state index in [1.807, 2.05) is 32.0 Å². The Morgan fingerprint density at radius 3 is 2.21 bits per heavy atom. The van der Waals surface area contributed by atoms with Crippen LogP contribution in [0, 0.1) is 19.8 Å². The summed E-state index contributed by atoms with van der Waals surface area (Å²) in [5.41, 5.74) is 2.19. The number of nitrogens with zero attached hydrogens (tertiary/aromatic N) is 1. The summed E-state index contributed by atoms with van der Waals surface area (Å²) >= 11 is 0. The molecule has 2 rings (SSSR count). The topological polar surface area (TPSA) is 87.7 Å². The van der Waals surface area contributed by atoms with Gasteiger partial charge in [0.2, 0.25) is 11.8 Å². The first-order chi connectivity index (χ1) is 15.3. The summed E-state index contributed by atoms with van der Waals surface area (Å²) in [6, 6.07) is 4.35. The number of carbonyl (C=O) groups is 3. The minimum absolute atomic E-state index is 0.0527. The first kappa shape index (κ1) is 26.7. The van der Waals surface area contributed by atoms with E-state index in [1.165, 1.54) is 0 Å². The average Bonchev–Trinajstić information content (AvgIpc) is 3.38. The maximum absolute atomic E-state index is 13.7. The maximum Gasteiger partial charge on any atom is 0.408 e. The van der Waals surface area contributed by atoms with Crippen molar-refractivity contribution in [1.82, 2.24) is 15.5 Å². The molecule has 2 N–H and O–H groups in total. The van der Waals surface area contributed by atoms with Gasteiger partial charge in [-0.05, 0) is 65.9 Å². The number of hydrogen-bond acceptors (Lipinski definition) is 4. The van der Waals surface area contributed by atoms with Gasteiger partial charge in [0, 0.05) is 12.6 Å². The van der Waals surface area contributed by atoms with Gasteiger partial charge in [-0.25, -0.2) is 4.79 Å². The molecule has 0 saturated heterocycles. The van der Waals surface area contributed by atoms with Crippen molar-refractivity contribution < 1.29 is 19.1 Å². The Balaban J connectivity index is 2.38. The molecule has 1 saturated carbocycles. The predicted molar refractivity (Wildman–Crippen MR) is 130 cm³/mol. The summed E-state index contributed by atoms with van der Waals surface area (Å²) in [5, 5.41) is 5.67. The van der Waals surface area contributed by atoms with Crippen LogP contribution in [0.2, 0.25) is 0 Å². The highest BCUT2D eigenvalue weighted by atomic mass is 16.6. The number of benzene rings is 1. The van der Waals surface area contributed by atoms with Crippen LogP contribution in [-0.2, 0) is 14.3 Å². The number of unbranched alkanes of at least 4 members (excludes halogenated alkanes) is 1. The van der Waals surface area contributed by atoms with E-state index < -0.39 is 23.8 Å². The summed E-state index contributed by atoms with van der Waals surface area (Å²) in [4.78, 5) is 41.1. The molecule has 7 nitrogen and oxygen atoms in total. The Morgan fingerprint density at radius 2 is 1.73 bits per heavy atom. The first-order valence-electron chi connectivity index (χ1n) is 12.0. The van der Waals surface area contributed by atoms with Crippen molar-refractivity contribution in [3.63, 3.8) is 0 Å². The van der Waals surface area contributed by atoms with Crippen LogP contribution in [0.25, 0.3) is 0 Å². The van der Waals surface area contributed by atoms with Gasteiger partial charge in [0.25, 0.3) is 0 Å². The van der Waals surface area contributed by atoms with Crippen LogP contribution in [0.1, 0.15) is 83.5 Å². The standard InChI is InChI=1S/C26H41N3O4/c1-9-10-11-27-23(30)22(20-13-16(2)12-17(3)14-20)29(21-15-18(21)4)24(31)19(5)28-25(32)33-26(6,7)8/h12-14,18-19,21-22H,9-11,15H2,1-8H3,(H,27,30)(H,28,32). The van der Waals surface area contributed by atoms with Gasteiger partial charge >= 0.3 is 6.09 Å². The summed E-state index contributed by atoms with van der Waals surface area (Å²) in [6.45, 7) is 15.6. The van der Waals surface area contributed by atoms with E-state index in [0.29, 0.717) is 12.5 Å². The van der Waals surface area contributed by atoms with Crippen molar-refractivity contribution in [1.29, 1.82) is 0 Å². The van der Waals surface area contributed by atoms with Gasteiger partial charge in [-0.2, -0.15) is 0 Å². The second-order valence-electron chi connectivity index (χ2n) is 10.4. The zero-order valence-corrected chi connectivity index (χ0v) is 21.5. The highest BCUT2D eigenvalue weighted by Crippen LogP contribution is 2.41. The molecule has 1 aliphatic rings. The smallest absolute Gasteiger partial charge is 0.408 e. The fourth-order valence-electron chi connectivity index (χ4n) is 4.03. The molecular weight excluding hydrogens is 418 g/mol. The van der Waals surface area contributed by atoms with E-state index in [1.54, 1.807) is 32.6 Å². The van der Waals surface area contributed by atoms with Crippen LogP contribution < -0.4 is 10.6 Å². The molecule has 33 heavy (non-hydrogen) atoms. The zero-order valence-electron chi connectivity index (χ0n) is 21.5. The molecule has 4 atom stereocenters. The number of carbonyl (C=O) groups excluding carboxylic acids is 3. The lowest BCUT2D eigenvalue weighted by Crippen LogP contribution is -2.53. The monoisotopic (exact) mass is 459 g/mol. The van der Waals surface area contributed by atoms with Gasteiger partial charge < -0.3 is 20.3 Å². The largest absolute Gasteiger partial charge is 0.444 e. The molecule has 1 aromatic rings. The first-order valence-corrected chi connectivity index (χ1v) is 12.0. The van der Waals surface area contributed by atoms with Crippen molar-refractivity contribution >= 4 is 17.9 Å². The van der Waals surface area contributed by atoms with Gasteiger partial charge in [-0.1, -0.05) is 49.6 Å². The summed E-state index contributed by atoms with van der Waals surface area (Å²) in [7, 11) is 0. The Morgan fingerprint density at radius 1 is 1.15 bits per heavy atom. The van der Waals surface area contributed by atoms with Crippen molar-refractivity contribution in [2.45, 2.75) is 98.4 Å². The molecule has 0 spiro atoms. The van der Waals surface area contributed by atoms with Crippen LogP contribution in [0.5, 0.6) is 0 Å². The Bertz CT molecular complexity index is 841. The van der Waals surface area contributed by atoms with Crippen LogP contribution in [0.3, 0.4) is 0 Å². The molecule has 7 heteroatoms. The minimum atomic E-state index is -0.829.